The number of fused-ring (bicyclic) bond motifs is 1. The van der Waals surface area contributed by atoms with E-state index >= 15 is 0 Å². The smallest absolute Gasteiger partial charge is 0.0672 e. The zero-order valence-corrected chi connectivity index (χ0v) is 6.41. The summed E-state index contributed by atoms with van der Waals surface area (Å²) < 4.78 is 0. The summed E-state index contributed by atoms with van der Waals surface area (Å²) in [6.45, 7) is 2.06. The van der Waals surface area contributed by atoms with Crippen LogP contribution in [0.25, 0.3) is 6.08 Å². The highest BCUT2D eigenvalue weighted by atomic mass is 14.8. The van der Waals surface area contributed by atoms with Gasteiger partial charge in [0.05, 0.1) is 11.4 Å². The monoisotopic (exact) mass is 146 g/mol. The Morgan fingerprint density at radius 1 is 1.45 bits per heavy atom. The Bertz CT molecular complexity index is 393. The fourth-order valence-electron chi connectivity index (χ4n) is 1.36. The molecule has 0 radical (unpaired) electrons. The van der Waals surface area contributed by atoms with Crippen LogP contribution in [-0.2, 0) is 0 Å². The third kappa shape index (κ3) is 0.909. The van der Waals surface area contributed by atoms with E-state index in [0.717, 1.165) is 16.3 Å². The lowest BCUT2D eigenvalue weighted by Crippen LogP contribution is -2.24. The molecule has 0 bridgehead atoms. The molecular formula is C9H10N2. The first-order valence-corrected chi connectivity index (χ1v) is 3.71. The first kappa shape index (κ1) is 6.40. The Kier molecular flexibility index (Phi) is 1.22. The Morgan fingerprint density at radius 2 is 2.27 bits per heavy atom. The van der Waals surface area contributed by atoms with Gasteiger partial charge in [0.15, 0.2) is 0 Å². The minimum atomic E-state index is 0.287. The van der Waals surface area contributed by atoms with Gasteiger partial charge >= 0.3 is 0 Å². The molecule has 1 atom stereocenters. The first-order chi connectivity index (χ1) is 5.27. The van der Waals surface area contributed by atoms with E-state index in [0.29, 0.717) is 0 Å². The van der Waals surface area contributed by atoms with Crippen LogP contribution in [0.4, 0.5) is 5.69 Å². The average molecular weight is 146 g/mol. The molecule has 1 aromatic rings. The number of hydrogen-bond acceptors (Lipinski definition) is 2. The minimum absolute atomic E-state index is 0.287. The van der Waals surface area contributed by atoms with E-state index in [-0.39, 0.29) is 6.04 Å². The predicted molar refractivity (Wildman–Crippen MR) is 45.6 cm³/mol. The second-order valence-corrected chi connectivity index (χ2v) is 2.82. The van der Waals surface area contributed by atoms with Crippen molar-refractivity contribution in [2.45, 2.75) is 13.0 Å². The standard InChI is InChI=1S/C9H10N2/c1-6-5-7-8(10)3-2-4-9(7)11-6/h2-6H,10H2,1H3. The van der Waals surface area contributed by atoms with Gasteiger partial charge < -0.3 is 5.73 Å². The van der Waals surface area contributed by atoms with Crippen molar-refractivity contribution >= 4 is 11.8 Å². The fraction of sp³-hybridized carbons (Fsp3) is 0.222. The number of nitrogen functional groups attached to an aromatic ring is 1. The summed E-state index contributed by atoms with van der Waals surface area (Å²) >= 11 is 0. The van der Waals surface area contributed by atoms with Gasteiger partial charge in [0, 0.05) is 10.9 Å². The maximum atomic E-state index is 5.74. The molecule has 0 saturated heterocycles. The summed E-state index contributed by atoms with van der Waals surface area (Å²) in [6, 6.07) is 6.12. The fourth-order valence-corrected chi connectivity index (χ4v) is 1.36. The highest BCUT2D eigenvalue weighted by Gasteiger charge is 2.03. The third-order valence-corrected chi connectivity index (χ3v) is 1.87. The molecule has 2 nitrogen and oxygen atoms in total. The van der Waals surface area contributed by atoms with E-state index in [2.05, 4.69) is 18.0 Å². The van der Waals surface area contributed by atoms with Crippen LogP contribution < -0.4 is 16.3 Å². The van der Waals surface area contributed by atoms with Crippen LogP contribution in [-0.4, -0.2) is 6.04 Å². The Labute approximate surface area is 65.1 Å². The number of nitrogens with zero attached hydrogens (tertiary/aromatic N) is 1. The van der Waals surface area contributed by atoms with E-state index in [1.165, 1.54) is 0 Å². The molecular weight excluding hydrogens is 136 g/mol. The molecule has 0 aliphatic carbocycles. The molecule has 1 unspecified atom stereocenters. The van der Waals surface area contributed by atoms with Gasteiger partial charge in [-0.25, -0.2) is 0 Å². The maximum absolute atomic E-state index is 5.74. The molecule has 2 rings (SSSR count). The third-order valence-electron chi connectivity index (χ3n) is 1.87. The zero-order chi connectivity index (χ0) is 7.84. The van der Waals surface area contributed by atoms with Crippen LogP contribution >= 0.6 is 0 Å². The lowest BCUT2D eigenvalue weighted by atomic mass is 10.2. The van der Waals surface area contributed by atoms with Crippen LogP contribution in [0.2, 0.25) is 0 Å². The van der Waals surface area contributed by atoms with Gasteiger partial charge in [0.25, 0.3) is 0 Å². The highest BCUT2D eigenvalue weighted by molar-refractivity contribution is 5.48. The molecule has 2 heteroatoms. The average Bonchev–Trinajstić information content (AvgIpc) is 2.31. The second-order valence-electron chi connectivity index (χ2n) is 2.82. The number of hydrogen-bond donors (Lipinski definition) is 1. The number of rotatable bonds is 0. The minimum Gasteiger partial charge on any atom is -0.398 e. The molecule has 0 saturated carbocycles. The molecule has 1 aliphatic heterocycles. The molecule has 56 valence electrons. The number of benzene rings is 1. The summed E-state index contributed by atoms with van der Waals surface area (Å²) in [6.07, 6.45) is 2.09. The molecule has 0 aromatic heterocycles. The van der Waals surface area contributed by atoms with Gasteiger partial charge in [-0.3, -0.25) is 4.99 Å². The summed E-state index contributed by atoms with van der Waals surface area (Å²) in [7, 11) is 0. The van der Waals surface area contributed by atoms with Crippen LogP contribution in [0.3, 0.4) is 0 Å². The van der Waals surface area contributed by atoms with Crippen molar-refractivity contribution in [2.24, 2.45) is 4.99 Å². The van der Waals surface area contributed by atoms with Crippen molar-refractivity contribution in [1.82, 2.24) is 0 Å². The van der Waals surface area contributed by atoms with Gasteiger partial charge in [-0.1, -0.05) is 6.07 Å². The van der Waals surface area contributed by atoms with Crippen molar-refractivity contribution in [2.75, 3.05) is 5.73 Å². The lowest BCUT2D eigenvalue weighted by molar-refractivity contribution is 0.955. The molecule has 0 fully saturated rings. The Balaban J connectivity index is 2.87. The maximum Gasteiger partial charge on any atom is 0.0672 e. The number of nitrogens with two attached hydrogens (primary N) is 1. The van der Waals surface area contributed by atoms with Gasteiger partial charge in [0.2, 0.25) is 0 Å². The number of anilines is 1. The van der Waals surface area contributed by atoms with E-state index in [9.17, 15) is 0 Å². The summed E-state index contributed by atoms with van der Waals surface area (Å²) in [5.74, 6) is 0. The largest absolute Gasteiger partial charge is 0.398 e. The molecule has 0 amide bonds. The molecule has 1 aliphatic rings. The van der Waals surface area contributed by atoms with E-state index in [1.54, 1.807) is 0 Å². The lowest BCUT2D eigenvalue weighted by Gasteiger charge is -1.89. The van der Waals surface area contributed by atoms with Crippen LogP contribution in [0.1, 0.15) is 6.92 Å². The molecule has 0 spiro atoms. The Hall–Kier alpha value is -1.31. The van der Waals surface area contributed by atoms with E-state index in [1.807, 2.05) is 18.2 Å². The van der Waals surface area contributed by atoms with Crippen molar-refractivity contribution in [1.29, 1.82) is 0 Å². The van der Waals surface area contributed by atoms with Crippen molar-refractivity contribution in [3.63, 3.8) is 0 Å². The molecule has 1 aromatic carbocycles. The van der Waals surface area contributed by atoms with Gasteiger partial charge in [-0.2, -0.15) is 0 Å². The molecule has 1 heterocycles. The quantitative estimate of drug-likeness (QED) is 0.517. The van der Waals surface area contributed by atoms with Crippen LogP contribution in [0, 0.1) is 0 Å². The van der Waals surface area contributed by atoms with Gasteiger partial charge in [-0.15, -0.1) is 0 Å². The van der Waals surface area contributed by atoms with Gasteiger partial charge in [-0.05, 0) is 25.1 Å². The van der Waals surface area contributed by atoms with Crippen molar-refractivity contribution in [3.05, 3.63) is 28.8 Å². The normalized spacial score (nSPS) is 20.3. The van der Waals surface area contributed by atoms with Crippen LogP contribution in [0.5, 0.6) is 0 Å². The van der Waals surface area contributed by atoms with Crippen LogP contribution in [0.15, 0.2) is 23.2 Å². The summed E-state index contributed by atoms with van der Waals surface area (Å²) in [5.41, 5.74) is 6.57. The topological polar surface area (TPSA) is 38.4 Å². The van der Waals surface area contributed by atoms with Crippen molar-refractivity contribution < 1.29 is 0 Å². The highest BCUT2D eigenvalue weighted by Crippen LogP contribution is 1.97. The zero-order valence-electron chi connectivity index (χ0n) is 6.41. The summed E-state index contributed by atoms with van der Waals surface area (Å²) in [5, 5.41) is 2.12. The van der Waals surface area contributed by atoms with Gasteiger partial charge in [0.1, 0.15) is 0 Å². The SMILES string of the molecule is CC1C=c2c(N)cccc2=N1. The molecule has 11 heavy (non-hydrogen) atoms. The second kappa shape index (κ2) is 2.09. The Morgan fingerprint density at radius 3 is 3.00 bits per heavy atom. The van der Waals surface area contributed by atoms with E-state index in [4.69, 9.17) is 5.73 Å². The molecule has 2 N–H and O–H groups in total. The predicted octanol–water partition coefficient (Wildman–Crippen LogP) is 0.0710. The first-order valence-electron chi connectivity index (χ1n) is 3.71. The van der Waals surface area contributed by atoms with Crippen molar-refractivity contribution in [3.8, 4) is 0 Å². The summed E-state index contributed by atoms with van der Waals surface area (Å²) in [4.78, 5) is 4.38. The van der Waals surface area contributed by atoms with E-state index < -0.39 is 0 Å².